The Balaban J connectivity index is 2.51. The number of halogens is 1. The van der Waals surface area contributed by atoms with E-state index in [0.29, 0.717) is 25.2 Å². The van der Waals surface area contributed by atoms with Gasteiger partial charge in [-0.15, -0.1) is 0 Å². The van der Waals surface area contributed by atoms with Gasteiger partial charge in [0, 0.05) is 18.8 Å². The van der Waals surface area contributed by atoms with Crippen LogP contribution in [-0.2, 0) is 4.74 Å². The predicted molar refractivity (Wildman–Crippen MR) is 61.8 cm³/mol. The molecule has 90 valence electrons. The molecule has 1 atom stereocenters. The van der Waals surface area contributed by atoms with Crippen LogP contribution < -0.4 is 0 Å². The molecule has 0 aromatic heterocycles. The second kappa shape index (κ2) is 6.61. The van der Waals surface area contributed by atoms with Crippen LogP contribution >= 0.6 is 0 Å². The van der Waals surface area contributed by atoms with Crippen molar-refractivity contribution in [3.05, 3.63) is 35.1 Å². The standard InChI is InChI=1S/C13H19FO2/c1-3-16-8-4-5-13(15)11-9-10(2)6-7-12(11)14/h6-7,9,13,15H,3-5,8H2,1-2H3. The third-order valence-electron chi connectivity index (χ3n) is 2.48. The van der Waals surface area contributed by atoms with Crippen LogP contribution in [-0.4, -0.2) is 18.3 Å². The molecule has 0 amide bonds. The maximum Gasteiger partial charge on any atom is 0.129 e. The maximum absolute atomic E-state index is 13.4. The summed E-state index contributed by atoms with van der Waals surface area (Å²) >= 11 is 0. The molecule has 2 nitrogen and oxygen atoms in total. The van der Waals surface area contributed by atoms with Crippen molar-refractivity contribution < 1.29 is 14.2 Å². The molecule has 1 N–H and O–H groups in total. The molecule has 0 aliphatic rings. The maximum atomic E-state index is 13.4. The monoisotopic (exact) mass is 226 g/mol. The number of ether oxygens (including phenoxy) is 1. The molecule has 0 radical (unpaired) electrons. The number of aryl methyl sites for hydroxylation is 1. The van der Waals surface area contributed by atoms with Crippen molar-refractivity contribution in [3.8, 4) is 0 Å². The molecule has 0 bridgehead atoms. The first-order valence-electron chi connectivity index (χ1n) is 5.67. The van der Waals surface area contributed by atoms with Crippen LogP contribution in [0.3, 0.4) is 0 Å². The molecule has 3 heteroatoms. The van der Waals surface area contributed by atoms with Crippen molar-refractivity contribution in [3.63, 3.8) is 0 Å². The first-order valence-corrected chi connectivity index (χ1v) is 5.67. The number of benzene rings is 1. The summed E-state index contributed by atoms with van der Waals surface area (Å²) in [4.78, 5) is 0. The minimum atomic E-state index is -0.736. The summed E-state index contributed by atoms with van der Waals surface area (Å²) in [5.41, 5.74) is 1.34. The Bertz CT molecular complexity index is 326. The van der Waals surface area contributed by atoms with Gasteiger partial charge in [-0.05, 0) is 32.8 Å². The highest BCUT2D eigenvalue weighted by Crippen LogP contribution is 2.22. The minimum absolute atomic E-state index is 0.338. The predicted octanol–water partition coefficient (Wildman–Crippen LogP) is 2.98. The Morgan fingerprint density at radius 1 is 1.44 bits per heavy atom. The molecule has 0 spiro atoms. The Morgan fingerprint density at radius 2 is 2.19 bits per heavy atom. The average Bonchev–Trinajstić information content (AvgIpc) is 2.27. The molecule has 0 saturated carbocycles. The summed E-state index contributed by atoms with van der Waals surface area (Å²) < 4.78 is 18.6. The highest BCUT2D eigenvalue weighted by Gasteiger charge is 2.12. The van der Waals surface area contributed by atoms with E-state index in [1.54, 1.807) is 12.1 Å². The van der Waals surface area contributed by atoms with Crippen LogP contribution in [0.4, 0.5) is 4.39 Å². The van der Waals surface area contributed by atoms with Gasteiger partial charge in [-0.2, -0.15) is 0 Å². The van der Waals surface area contributed by atoms with Gasteiger partial charge in [-0.3, -0.25) is 0 Å². The summed E-state index contributed by atoms with van der Waals surface area (Å²) in [5.74, 6) is -0.338. The Labute approximate surface area is 96.1 Å². The van der Waals surface area contributed by atoms with Crippen molar-refractivity contribution >= 4 is 0 Å². The second-order valence-corrected chi connectivity index (χ2v) is 3.88. The lowest BCUT2D eigenvalue weighted by molar-refractivity contribution is 0.113. The van der Waals surface area contributed by atoms with E-state index in [9.17, 15) is 9.50 Å². The molecule has 1 aromatic rings. The fourth-order valence-corrected chi connectivity index (χ4v) is 1.60. The first kappa shape index (κ1) is 13.1. The van der Waals surface area contributed by atoms with Crippen molar-refractivity contribution in [2.45, 2.75) is 32.8 Å². The highest BCUT2D eigenvalue weighted by atomic mass is 19.1. The van der Waals surface area contributed by atoms with Gasteiger partial charge in [0.2, 0.25) is 0 Å². The molecule has 0 saturated heterocycles. The van der Waals surface area contributed by atoms with Gasteiger partial charge in [-0.25, -0.2) is 4.39 Å². The van der Waals surface area contributed by atoms with Gasteiger partial charge < -0.3 is 9.84 Å². The normalized spacial score (nSPS) is 12.8. The smallest absolute Gasteiger partial charge is 0.129 e. The van der Waals surface area contributed by atoms with Crippen LogP contribution in [0, 0.1) is 12.7 Å². The van der Waals surface area contributed by atoms with E-state index in [1.165, 1.54) is 6.07 Å². The lowest BCUT2D eigenvalue weighted by Gasteiger charge is -2.12. The highest BCUT2D eigenvalue weighted by molar-refractivity contribution is 5.25. The lowest BCUT2D eigenvalue weighted by Crippen LogP contribution is -2.03. The molecule has 1 aromatic carbocycles. The zero-order chi connectivity index (χ0) is 12.0. The molecular weight excluding hydrogens is 207 g/mol. The average molecular weight is 226 g/mol. The summed E-state index contributed by atoms with van der Waals surface area (Å²) in [7, 11) is 0. The van der Waals surface area contributed by atoms with Gasteiger partial charge in [0.15, 0.2) is 0 Å². The summed E-state index contributed by atoms with van der Waals surface area (Å²) in [5, 5.41) is 9.83. The summed E-state index contributed by atoms with van der Waals surface area (Å²) in [6.07, 6.45) is 0.531. The molecular formula is C13H19FO2. The van der Waals surface area contributed by atoms with Crippen molar-refractivity contribution in [2.24, 2.45) is 0 Å². The van der Waals surface area contributed by atoms with Gasteiger partial charge >= 0.3 is 0 Å². The van der Waals surface area contributed by atoms with E-state index in [1.807, 2.05) is 13.8 Å². The van der Waals surface area contributed by atoms with Crippen molar-refractivity contribution in [2.75, 3.05) is 13.2 Å². The fourth-order valence-electron chi connectivity index (χ4n) is 1.60. The molecule has 0 fully saturated rings. The topological polar surface area (TPSA) is 29.5 Å². The van der Waals surface area contributed by atoms with E-state index >= 15 is 0 Å². The number of hydrogen-bond acceptors (Lipinski definition) is 2. The molecule has 1 rings (SSSR count). The fraction of sp³-hybridized carbons (Fsp3) is 0.538. The third-order valence-corrected chi connectivity index (χ3v) is 2.48. The van der Waals surface area contributed by atoms with Gasteiger partial charge in [0.25, 0.3) is 0 Å². The Kier molecular flexibility index (Phi) is 5.43. The SMILES string of the molecule is CCOCCCC(O)c1cc(C)ccc1F. The Hall–Kier alpha value is -0.930. The van der Waals surface area contributed by atoms with Crippen LogP contribution in [0.15, 0.2) is 18.2 Å². The first-order chi connectivity index (χ1) is 7.65. The summed E-state index contributed by atoms with van der Waals surface area (Å²) in [6.45, 7) is 5.10. The van der Waals surface area contributed by atoms with Crippen molar-refractivity contribution in [1.29, 1.82) is 0 Å². The molecule has 0 aliphatic heterocycles. The number of hydrogen-bond donors (Lipinski definition) is 1. The van der Waals surface area contributed by atoms with Gasteiger partial charge in [-0.1, -0.05) is 17.7 Å². The zero-order valence-electron chi connectivity index (χ0n) is 9.87. The van der Waals surface area contributed by atoms with Gasteiger partial charge in [0.05, 0.1) is 6.10 Å². The van der Waals surface area contributed by atoms with Crippen LogP contribution in [0.5, 0.6) is 0 Å². The molecule has 0 heterocycles. The van der Waals surface area contributed by atoms with Crippen LogP contribution in [0.25, 0.3) is 0 Å². The zero-order valence-corrected chi connectivity index (χ0v) is 9.87. The summed E-state index contributed by atoms with van der Waals surface area (Å²) in [6, 6.07) is 4.79. The quantitative estimate of drug-likeness (QED) is 0.756. The van der Waals surface area contributed by atoms with E-state index < -0.39 is 6.10 Å². The van der Waals surface area contributed by atoms with Crippen molar-refractivity contribution in [1.82, 2.24) is 0 Å². The second-order valence-electron chi connectivity index (χ2n) is 3.88. The van der Waals surface area contributed by atoms with Gasteiger partial charge in [0.1, 0.15) is 5.82 Å². The van der Waals surface area contributed by atoms with Crippen LogP contribution in [0.1, 0.15) is 37.0 Å². The molecule has 16 heavy (non-hydrogen) atoms. The number of aliphatic hydroxyl groups excluding tert-OH is 1. The molecule has 1 unspecified atom stereocenters. The Morgan fingerprint density at radius 3 is 2.88 bits per heavy atom. The van der Waals surface area contributed by atoms with E-state index in [0.717, 1.165) is 12.0 Å². The lowest BCUT2D eigenvalue weighted by atomic mass is 10.0. The van der Waals surface area contributed by atoms with E-state index in [-0.39, 0.29) is 5.82 Å². The number of rotatable bonds is 6. The van der Waals surface area contributed by atoms with E-state index in [4.69, 9.17) is 4.74 Å². The van der Waals surface area contributed by atoms with Crippen LogP contribution in [0.2, 0.25) is 0 Å². The van der Waals surface area contributed by atoms with E-state index in [2.05, 4.69) is 0 Å². The third kappa shape index (κ3) is 3.91. The molecule has 0 aliphatic carbocycles. The number of aliphatic hydroxyl groups is 1. The largest absolute Gasteiger partial charge is 0.388 e. The minimum Gasteiger partial charge on any atom is -0.388 e.